The first-order chi connectivity index (χ1) is 15.2. The molecule has 1 aromatic heterocycles. The van der Waals surface area contributed by atoms with Crippen molar-refractivity contribution in [2.75, 3.05) is 13.2 Å². The van der Waals surface area contributed by atoms with E-state index in [0.717, 1.165) is 17.0 Å². The number of aryl methyl sites for hydroxylation is 1. The minimum atomic E-state index is -0.215. The normalized spacial score (nSPS) is 24.7. The molecule has 1 amide bonds. The van der Waals surface area contributed by atoms with E-state index in [0.29, 0.717) is 25.4 Å². The van der Waals surface area contributed by atoms with Crippen LogP contribution in [-0.4, -0.2) is 52.4 Å². The molecule has 1 N–H and O–H groups in total. The molecule has 8 heteroatoms. The summed E-state index contributed by atoms with van der Waals surface area (Å²) in [5.41, 5.74) is 2.47. The van der Waals surface area contributed by atoms with E-state index >= 15 is 0 Å². The van der Waals surface area contributed by atoms with Crippen LogP contribution in [0.2, 0.25) is 0 Å². The third-order valence-corrected chi connectivity index (χ3v) is 5.68. The Kier molecular flexibility index (Phi) is 5.40. The smallest absolute Gasteiger partial charge is 0.251 e. The molecule has 0 saturated carbocycles. The lowest BCUT2D eigenvalue weighted by molar-refractivity contribution is 0.0613. The molecule has 160 valence electrons. The highest BCUT2D eigenvalue weighted by Crippen LogP contribution is 2.34. The van der Waals surface area contributed by atoms with Crippen LogP contribution in [0.5, 0.6) is 5.75 Å². The van der Waals surface area contributed by atoms with Crippen molar-refractivity contribution in [1.82, 2.24) is 20.3 Å². The molecule has 5 rings (SSSR count). The summed E-state index contributed by atoms with van der Waals surface area (Å²) in [6, 6.07) is 16.8. The number of para-hydroxylation sites is 1. The number of hydrogen-bond acceptors (Lipinski definition) is 6. The standard InChI is InChI=1S/C23H24N4O4/c1-15-7-9-16(10-8-15)23(28)24-19-13-30-22-20(14-31-21(19)22)27-11-17(25-26-27)12-29-18-5-3-2-4-6-18/h2-11,19-22H,12-14H2,1H3,(H,24,28). The minimum absolute atomic E-state index is 0.0933. The number of fused-ring (bicyclic) bond motifs is 1. The maximum Gasteiger partial charge on any atom is 0.251 e. The second-order valence-electron chi connectivity index (χ2n) is 7.90. The highest BCUT2D eigenvalue weighted by atomic mass is 16.6. The van der Waals surface area contributed by atoms with Crippen molar-refractivity contribution in [1.29, 1.82) is 0 Å². The molecule has 4 atom stereocenters. The van der Waals surface area contributed by atoms with Crippen molar-refractivity contribution >= 4 is 5.91 Å². The summed E-state index contributed by atoms with van der Waals surface area (Å²) in [7, 11) is 0. The molecular formula is C23H24N4O4. The molecule has 2 aliphatic heterocycles. The topological polar surface area (TPSA) is 87.5 Å². The largest absolute Gasteiger partial charge is 0.487 e. The predicted octanol–water partition coefficient (Wildman–Crippen LogP) is 2.30. The fraction of sp³-hybridized carbons (Fsp3) is 0.348. The third kappa shape index (κ3) is 4.17. The monoisotopic (exact) mass is 420 g/mol. The number of aromatic nitrogens is 3. The van der Waals surface area contributed by atoms with Crippen LogP contribution in [0.1, 0.15) is 27.7 Å². The van der Waals surface area contributed by atoms with Crippen molar-refractivity contribution in [3.63, 3.8) is 0 Å². The third-order valence-electron chi connectivity index (χ3n) is 5.68. The lowest BCUT2D eigenvalue weighted by Crippen LogP contribution is -2.44. The fourth-order valence-electron chi connectivity index (χ4n) is 4.00. The van der Waals surface area contributed by atoms with Gasteiger partial charge in [0.25, 0.3) is 5.91 Å². The van der Waals surface area contributed by atoms with Gasteiger partial charge in [0.15, 0.2) is 0 Å². The van der Waals surface area contributed by atoms with Gasteiger partial charge in [-0.15, -0.1) is 5.10 Å². The molecular weight excluding hydrogens is 396 g/mol. The van der Waals surface area contributed by atoms with E-state index in [4.69, 9.17) is 14.2 Å². The number of rotatable bonds is 6. The van der Waals surface area contributed by atoms with E-state index < -0.39 is 0 Å². The van der Waals surface area contributed by atoms with E-state index in [9.17, 15) is 4.79 Å². The maximum atomic E-state index is 12.6. The van der Waals surface area contributed by atoms with Crippen LogP contribution >= 0.6 is 0 Å². The Morgan fingerprint density at radius 3 is 2.68 bits per heavy atom. The van der Waals surface area contributed by atoms with Crippen LogP contribution in [0, 0.1) is 6.92 Å². The van der Waals surface area contributed by atoms with Crippen LogP contribution in [0.4, 0.5) is 0 Å². The Morgan fingerprint density at radius 2 is 1.87 bits per heavy atom. The van der Waals surface area contributed by atoms with E-state index in [2.05, 4.69) is 15.6 Å². The zero-order chi connectivity index (χ0) is 21.2. The molecule has 8 nitrogen and oxygen atoms in total. The second-order valence-corrected chi connectivity index (χ2v) is 7.90. The van der Waals surface area contributed by atoms with Gasteiger partial charge in [0.2, 0.25) is 0 Å². The summed E-state index contributed by atoms with van der Waals surface area (Å²) in [5, 5.41) is 11.5. The van der Waals surface area contributed by atoms with Crippen molar-refractivity contribution < 1.29 is 19.0 Å². The lowest BCUT2D eigenvalue weighted by atomic mass is 10.1. The molecule has 2 aliphatic rings. The molecule has 2 fully saturated rings. The molecule has 0 aliphatic carbocycles. The van der Waals surface area contributed by atoms with Gasteiger partial charge in [0.1, 0.15) is 36.3 Å². The Morgan fingerprint density at radius 1 is 1.10 bits per heavy atom. The molecule has 3 aromatic rings. The highest BCUT2D eigenvalue weighted by Gasteiger charge is 2.49. The van der Waals surface area contributed by atoms with Gasteiger partial charge in [0.05, 0.1) is 25.5 Å². The van der Waals surface area contributed by atoms with E-state index in [1.165, 1.54) is 0 Å². The summed E-state index contributed by atoms with van der Waals surface area (Å²) in [6.45, 7) is 3.19. The van der Waals surface area contributed by atoms with Crippen LogP contribution in [0.15, 0.2) is 60.8 Å². The zero-order valence-electron chi connectivity index (χ0n) is 17.2. The molecule has 0 spiro atoms. The zero-order valence-corrected chi connectivity index (χ0v) is 17.2. The van der Waals surface area contributed by atoms with Gasteiger partial charge in [-0.2, -0.15) is 0 Å². The van der Waals surface area contributed by atoms with Gasteiger partial charge in [-0.05, 0) is 31.2 Å². The van der Waals surface area contributed by atoms with Crippen LogP contribution < -0.4 is 10.1 Å². The Hall–Kier alpha value is -3.23. The van der Waals surface area contributed by atoms with E-state index in [-0.39, 0.29) is 30.2 Å². The number of carbonyl (C=O) groups is 1. The highest BCUT2D eigenvalue weighted by molar-refractivity contribution is 5.94. The number of amides is 1. The van der Waals surface area contributed by atoms with Crippen LogP contribution in [0.25, 0.3) is 0 Å². The fourth-order valence-corrected chi connectivity index (χ4v) is 4.00. The first kappa shape index (κ1) is 19.7. The molecule has 0 radical (unpaired) electrons. The second kappa shape index (κ2) is 8.49. The molecule has 2 saturated heterocycles. The van der Waals surface area contributed by atoms with Gasteiger partial charge >= 0.3 is 0 Å². The quantitative estimate of drug-likeness (QED) is 0.659. The number of hydrogen-bond donors (Lipinski definition) is 1. The summed E-state index contributed by atoms with van der Waals surface area (Å²) >= 11 is 0. The Bertz CT molecular complexity index is 1040. The van der Waals surface area contributed by atoms with Gasteiger partial charge in [0, 0.05) is 5.56 Å². The van der Waals surface area contributed by atoms with Gasteiger partial charge in [-0.1, -0.05) is 41.1 Å². The van der Waals surface area contributed by atoms with Crippen molar-refractivity contribution in [2.45, 2.75) is 37.8 Å². The lowest BCUT2D eigenvalue weighted by Gasteiger charge is -2.18. The minimum Gasteiger partial charge on any atom is -0.487 e. The van der Waals surface area contributed by atoms with Gasteiger partial charge in [-0.3, -0.25) is 4.79 Å². The number of nitrogens with zero attached hydrogens (tertiary/aromatic N) is 3. The predicted molar refractivity (Wildman–Crippen MR) is 112 cm³/mol. The SMILES string of the molecule is Cc1ccc(C(=O)NC2COC3C2OCC3n2cc(COc3ccccc3)nn2)cc1. The number of nitrogens with one attached hydrogen (secondary N) is 1. The maximum absolute atomic E-state index is 12.6. The number of ether oxygens (including phenoxy) is 3. The number of benzene rings is 2. The van der Waals surface area contributed by atoms with Crippen LogP contribution in [-0.2, 0) is 16.1 Å². The van der Waals surface area contributed by atoms with Crippen molar-refractivity contribution in [2.24, 2.45) is 0 Å². The summed E-state index contributed by atoms with van der Waals surface area (Å²) in [4.78, 5) is 12.6. The first-order valence-electron chi connectivity index (χ1n) is 10.4. The van der Waals surface area contributed by atoms with Gasteiger partial charge in [-0.25, -0.2) is 4.68 Å². The average Bonchev–Trinajstić information content (AvgIpc) is 3.51. The van der Waals surface area contributed by atoms with Crippen molar-refractivity contribution in [3.8, 4) is 5.75 Å². The molecule has 31 heavy (non-hydrogen) atoms. The van der Waals surface area contributed by atoms with E-state index in [1.54, 1.807) is 4.68 Å². The van der Waals surface area contributed by atoms with E-state index in [1.807, 2.05) is 67.7 Å². The molecule has 0 bridgehead atoms. The van der Waals surface area contributed by atoms with Gasteiger partial charge < -0.3 is 19.5 Å². The summed E-state index contributed by atoms with van der Waals surface area (Å²) < 4.78 is 19.5. The Labute approximate surface area is 180 Å². The average molecular weight is 420 g/mol. The molecule has 4 unspecified atom stereocenters. The Balaban J connectivity index is 1.20. The first-order valence-corrected chi connectivity index (χ1v) is 10.4. The molecule has 3 heterocycles. The summed E-state index contributed by atoms with van der Waals surface area (Å²) in [6.07, 6.45) is 1.46. The van der Waals surface area contributed by atoms with Crippen LogP contribution in [0.3, 0.4) is 0 Å². The molecule has 2 aromatic carbocycles. The number of carbonyl (C=O) groups excluding carboxylic acids is 1. The van der Waals surface area contributed by atoms with Crippen molar-refractivity contribution in [3.05, 3.63) is 77.6 Å². The summed E-state index contributed by atoms with van der Waals surface area (Å²) in [5.74, 6) is 0.662.